The molecule has 0 atom stereocenters. The van der Waals surface area contributed by atoms with Gasteiger partial charge >= 0.3 is 0 Å². The van der Waals surface area contributed by atoms with Gasteiger partial charge in [-0.15, -0.1) is 11.3 Å². The van der Waals surface area contributed by atoms with Crippen molar-refractivity contribution in [2.24, 2.45) is 4.99 Å². The minimum Gasteiger partial charge on any atom is -0.494 e. The van der Waals surface area contributed by atoms with E-state index < -0.39 is 0 Å². The molecule has 4 aromatic rings. The zero-order chi connectivity index (χ0) is 21.1. The molecule has 4 rings (SSSR count). The standard InChI is InChI=1S/C25H25NO3S/c1-5-27-20-11-9-19(10-12-20)26-21-14-18(23-8-7-13-30-23)15-22(28-6-2)25-17(4)29-16(3)24(21)25/h7-15H,5-6H2,1-4H3. The maximum absolute atomic E-state index is 6.05. The maximum Gasteiger partial charge on any atom is 0.131 e. The first-order valence-corrected chi connectivity index (χ1v) is 11.0. The van der Waals surface area contributed by atoms with Crippen molar-refractivity contribution in [2.75, 3.05) is 13.2 Å². The van der Waals surface area contributed by atoms with Crippen LogP contribution in [0.1, 0.15) is 25.4 Å². The van der Waals surface area contributed by atoms with Gasteiger partial charge in [-0.25, -0.2) is 4.99 Å². The summed E-state index contributed by atoms with van der Waals surface area (Å²) in [5.74, 6) is 3.33. The summed E-state index contributed by atoms with van der Waals surface area (Å²) in [5, 5.41) is 4.89. The lowest BCUT2D eigenvalue weighted by Crippen LogP contribution is -2.00. The summed E-state index contributed by atoms with van der Waals surface area (Å²) in [6, 6.07) is 16.2. The number of furan rings is 1. The van der Waals surface area contributed by atoms with Gasteiger partial charge in [0.25, 0.3) is 0 Å². The molecule has 2 aromatic carbocycles. The summed E-state index contributed by atoms with van der Waals surface area (Å²) in [5.41, 5.74) is 1.94. The number of hydrogen-bond donors (Lipinski definition) is 0. The fourth-order valence-corrected chi connectivity index (χ4v) is 4.34. The summed E-state index contributed by atoms with van der Waals surface area (Å²) in [6.07, 6.45) is 0. The molecule has 0 saturated heterocycles. The van der Waals surface area contributed by atoms with Crippen molar-refractivity contribution in [3.63, 3.8) is 0 Å². The number of nitrogens with zero attached hydrogens (tertiary/aromatic N) is 1. The Morgan fingerprint density at radius 1 is 0.900 bits per heavy atom. The molecule has 2 aromatic heterocycles. The second kappa shape index (κ2) is 8.76. The van der Waals surface area contributed by atoms with Gasteiger partial charge in [-0.3, -0.25) is 0 Å². The molecule has 30 heavy (non-hydrogen) atoms. The lowest BCUT2D eigenvalue weighted by atomic mass is 10.2. The first-order chi connectivity index (χ1) is 14.6. The van der Waals surface area contributed by atoms with E-state index in [1.165, 1.54) is 4.88 Å². The average molecular weight is 420 g/mol. The number of benzene rings is 1. The Kier molecular flexibility index (Phi) is 5.91. The van der Waals surface area contributed by atoms with Gasteiger partial charge in [0.1, 0.15) is 23.0 Å². The van der Waals surface area contributed by atoms with Crippen molar-refractivity contribution < 1.29 is 13.9 Å². The Morgan fingerprint density at radius 2 is 1.63 bits per heavy atom. The quantitative estimate of drug-likeness (QED) is 0.345. The molecule has 5 heteroatoms. The third-order valence-electron chi connectivity index (χ3n) is 4.84. The number of hydrogen-bond acceptors (Lipinski definition) is 5. The van der Waals surface area contributed by atoms with Crippen molar-refractivity contribution >= 4 is 27.8 Å². The van der Waals surface area contributed by atoms with E-state index in [4.69, 9.17) is 18.9 Å². The first kappa shape index (κ1) is 20.2. The fraction of sp³-hybridized carbons (Fsp3) is 0.240. The van der Waals surface area contributed by atoms with E-state index in [-0.39, 0.29) is 0 Å². The van der Waals surface area contributed by atoms with Crippen molar-refractivity contribution in [3.8, 4) is 21.9 Å². The zero-order valence-electron chi connectivity index (χ0n) is 17.7. The summed E-state index contributed by atoms with van der Waals surface area (Å²) >= 11 is 1.70. The van der Waals surface area contributed by atoms with Crippen molar-refractivity contribution in [1.29, 1.82) is 0 Å². The third kappa shape index (κ3) is 3.98. The van der Waals surface area contributed by atoms with E-state index in [1.807, 2.05) is 52.0 Å². The van der Waals surface area contributed by atoms with Crippen molar-refractivity contribution in [1.82, 2.24) is 0 Å². The lowest BCUT2D eigenvalue weighted by molar-refractivity contribution is 0.340. The highest BCUT2D eigenvalue weighted by Crippen LogP contribution is 2.35. The lowest BCUT2D eigenvalue weighted by Gasteiger charge is -2.03. The van der Waals surface area contributed by atoms with Crippen molar-refractivity contribution in [3.05, 3.63) is 70.8 Å². The van der Waals surface area contributed by atoms with Gasteiger partial charge < -0.3 is 13.9 Å². The largest absolute Gasteiger partial charge is 0.494 e. The van der Waals surface area contributed by atoms with Crippen LogP contribution in [0.25, 0.3) is 21.2 Å². The molecule has 4 nitrogen and oxygen atoms in total. The van der Waals surface area contributed by atoms with Gasteiger partial charge in [0.2, 0.25) is 0 Å². The predicted octanol–water partition coefficient (Wildman–Crippen LogP) is 6.81. The first-order valence-electron chi connectivity index (χ1n) is 10.1. The molecular formula is C25H25NO3S. The van der Waals surface area contributed by atoms with Gasteiger partial charge in [0, 0.05) is 4.88 Å². The second-order valence-electron chi connectivity index (χ2n) is 6.91. The van der Waals surface area contributed by atoms with Crippen LogP contribution in [0.4, 0.5) is 5.69 Å². The number of aryl methyl sites for hydroxylation is 2. The molecule has 0 amide bonds. The molecule has 0 saturated carbocycles. The Balaban J connectivity index is 2.03. The van der Waals surface area contributed by atoms with Crippen LogP contribution in [0.2, 0.25) is 0 Å². The van der Waals surface area contributed by atoms with Gasteiger partial charge in [0.15, 0.2) is 0 Å². The molecule has 2 heterocycles. The summed E-state index contributed by atoms with van der Waals surface area (Å²) in [7, 11) is 0. The minimum absolute atomic E-state index is 0.581. The Labute approximate surface area is 180 Å². The van der Waals surface area contributed by atoms with Crippen LogP contribution in [0, 0.1) is 13.8 Å². The zero-order valence-corrected chi connectivity index (χ0v) is 18.5. The molecule has 0 aliphatic rings. The van der Waals surface area contributed by atoms with Crippen LogP contribution in [-0.2, 0) is 0 Å². The van der Waals surface area contributed by atoms with Crippen LogP contribution in [0.15, 0.2) is 63.3 Å². The van der Waals surface area contributed by atoms with Gasteiger partial charge in [-0.1, -0.05) is 6.07 Å². The maximum atomic E-state index is 6.05. The van der Waals surface area contributed by atoms with Crippen LogP contribution in [-0.4, -0.2) is 13.2 Å². The second-order valence-corrected chi connectivity index (χ2v) is 7.85. The third-order valence-corrected chi connectivity index (χ3v) is 5.76. The molecule has 0 radical (unpaired) electrons. The van der Waals surface area contributed by atoms with E-state index in [0.29, 0.717) is 13.2 Å². The van der Waals surface area contributed by atoms with Crippen molar-refractivity contribution in [2.45, 2.75) is 27.7 Å². The van der Waals surface area contributed by atoms with Gasteiger partial charge in [-0.2, -0.15) is 0 Å². The minimum atomic E-state index is 0.581. The van der Waals surface area contributed by atoms with E-state index >= 15 is 0 Å². The summed E-state index contributed by atoms with van der Waals surface area (Å²) in [4.78, 5) is 6.16. The topological polar surface area (TPSA) is 44.0 Å². The molecule has 0 aliphatic heterocycles. The number of ether oxygens (including phenoxy) is 2. The number of rotatable bonds is 6. The van der Waals surface area contributed by atoms with Crippen LogP contribution in [0.3, 0.4) is 0 Å². The Hall–Kier alpha value is -3.05. The van der Waals surface area contributed by atoms with E-state index in [0.717, 1.165) is 50.4 Å². The molecule has 0 spiro atoms. The van der Waals surface area contributed by atoms with Crippen LogP contribution >= 0.6 is 11.3 Å². The normalized spacial score (nSPS) is 11.8. The summed E-state index contributed by atoms with van der Waals surface area (Å²) in [6.45, 7) is 9.15. The molecule has 0 bridgehead atoms. The molecule has 154 valence electrons. The Morgan fingerprint density at radius 3 is 2.30 bits per heavy atom. The average Bonchev–Trinajstić information content (AvgIpc) is 3.32. The highest BCUT2D eigenvalue weighted by Gasteiger charge is 2.15. The van der Waals surface area contributed by atoms with E-state index in [9.17, 15) is 0 Å². The van der Waals surface area contributed by atoms with Crippen LogP contribution < -0.4 is 14.8 Å². The fourth-order valence-electron chi connectivity index (χ4n) is 3.63. The highest BCUT2D eigenvalue weighted by atomic mass is 32.1. The SMILES string of the molecule is CCOc1ccc(N=c2cc(-c3cccs3)cc(OCC)c3c(C)oc(C)c23)cc1. The number of fused-ring (bicyclic) bond motifs is 1. The summed E-state index contributed by atoms with van der Waals surface area (Å²) < 4.78 is 17.6. The van der Waals surface area contributed by atoms with Gasteiger partial charge in [-0.05, 0) is 81.1 Å². The van der Waals surface area contributed by atoms with E-state index in [1.54, 1.807) is 11.3 Å². The molecule has 0 fully saturated rings. The monoisotopic (exact) mass is 419 g/mol. The Bertz CT molecular complexity index is 1220. The molecule has 0 aliphatic carbocycles. The van der Waals surface area contributed by atoms with E-state index in [2.05, 4.69) is 29.6 Å². The smallest absolute Gasteiger partial charge is 0.131 e. The predicted molar refractivity (Wildman–Crippen MR) is 123 cm³/mol. The van der Waals surface area contributed by atoms with Gasteiger partial charge in [0.05, 0.1) is 35.0 Å². The molecule has 0 unspecified atom stereocenters. The van der Waals surface area contributed by atoms with Crippen LogP contribution in [0.5, 0.6) is 11.5 Å². The number of thiophene rings is 1. The molecular weight excluding hydrogens is 394 g/mol. The highest BCUT2D eigenvalue weighted by molar-refractivity contribution is 7.13. The molecule has 0 N–H and O–H groups in total.